The summed E-state index contributed by atoms with van der Waals surface area (Å²) >= 11 is 0. The second-order valence-corrected chi connectivity index (χ2v) is 5.31. The maximum Gasteiger partial charge on any atom is 0.0312 e. The van der Waals surface area contributed by atoms with Crippen molar-refractivity contribution in [1.29, 1.82) is 0 Å². The van der Waals surface area contributed by atoms with Crippen molar-refractivity contribution in [3.63, 3.8) is 0 Å². The van der Waals surface area contributed by atoms with Crippen LogP contribution in [-0.4, -0.2) is 10.5 Å². The molecule has 0 bridgehead atoms. The molecule has 1 aliphatic carbocycles. The average molecular weight is 232 g/mol. The molecule has 0 spiro atoms. The molecule has 0 unspecified atom stereocenters. The molecule has 1 fully saturated rings. The summed E-state index contributed by atoms with van der Waals surface area (Å²) in [6.45, 7) is 3.25. The summed E-state index contributed by atoms with van der Waals surface area (Å²) in [5.74, 6) is 0. The van der Waals surface area contributed by atoms with E-state index < -0.39 is 0 Å². The molecule has 0 saturated heterocycles. The molecule has 2 rings (SSSR count). The van der Waals surface area contributed by atoms with Crippen molar-refractivity contribution in [2.24, 2.45) is 0 Å². The summed E-state index contributed by atoms with van der Waals surface area (Å²) < 4.78 is 0. The van der Waals surface area contributed by atoms with Crippen LogP contribution in [0.2, 0.25) is 0 Å². The second kappa shape index (κ2) is 6.15. The molecule has 1 aliphatic rings. The van der Waals surface area contributed by atoms with Crippen molar-refractivity contribution >= 4 is 0 Å². The summed E-state index contributed by atoms with van der Waals surface area (Å²) in [5.41, 5.74) is 1.75. The highest BCUT2D eigenvalue weighted by Crippen LogP contribution is 2.36. The Balaban J connectivity index is 1.79. The summed E-state index contributed by atoms with van der Waals surface area (Å²) in [5, 5.41) is 3.77. The molecule has 0 atom stereocenters. The number of pyridine rings is 1. The molecule has 1 heterocycles. The molecule has 2 nitrogen and oxygen atoms in total. The van der Waals surface area contributed by atoms with Crippen LogP contribution in [-0.2, 0) is 6.54 Å². The van der Waals surface area contributed by atoms with Gasteiger partial charge in [0.2, 0.25) is 0 Å². The van der Waals surface area contributed by atoms with Crippen LogP contribution in [0.3, 0.4) is 0 Å². The van der Waals surface area contributed by atoms with E-state index in [4.69, 9.17) is 0 Å². The molecule has 0 amide bonds. The zero-order valence-corrected chi connectivity index (χ0v) is 10.9. The highest BCUT2D eigenvalue weighted by molar-refractivity contribution is 5.09. The third kappa shape index (κ3) is 3.53. The van der Waals surface area contributed by atoms with Gasteiger partial charge >= 0.3 is 0 Å². The lowest BCUT2D eigenvalue weighted by molar-refractivity contribution is 0.163. The minimum Gasteiger partial charge on any atom is -0.307 e. The van der Waals surface area contributed by atoms with Gasteiger partial charge in [-0.1, -0.05) is 32.3 Å². The van der Waals surface area contributed by atoms with Gasteiger partial charge in [-0.15, -0.1) is 0 Å². The van der Waals surface area contributed by atoms with Gasteiger partial charge in [0.15, 0.2) is 0 Å². The lowest BCUT2D eigenvalue weighted by atomic mass is 9.73. The van der Waals surface area contributed by atoms with Gasteiger partial charge in [-0.3, -0.25) is 4.98 Å². The summed E-state index contributed by atoms with van der Waals surface area (Å²) in [6, 6.07) is 4.17. The van der Waals surface area contributed by atoms with Gasteiger partial charge in [-0.2, -0.15) is 0 Å². The summed E-state index contributed by atoms with van der Waals surface area (Å²) in [7, 11) is 0. The fourth-order valence-electron chi connectivity index (χ4n) is 2.62. The highest BCUT2D eigenvalue weighted by atomic mass is 15.0. The largest absolute Gasteiger partial charge is 0.307 e. The van der Waals surface area contributed by atoms with E-state index in [1.807, 2.05) is 18.5 Å². The maximum atomic E-state index is 4.16. The number of hydrogen-bond donors (Lipinski definition) is 1. The Hall–Kier alpha value is -0.890. The monoisotopic (exact) mass is 232 g/mol. The number of aromatic nitrogens is 1. The summed E-state index contributed by atoms with van der Waals surface area (Å²) in [4.78, 5) is 4.16. The van der Waals surface area contributed by atoms with Crippen molar-refractivity contribution in [3.05, 3.63) is 30.1 Å². The molecular formula is C15H24N2. The van der Waals surface area contributed by atoms with Crippen molar-refractivity contribution < 1.29 is 0 Å². The average Bonchev–Trinajstić information content (AvgIpc) is 2.33. The molecule has 1 aromatic heterocycles. The molecule has 1 N–H and O–H groups in total. The molecule has 1 aromatic rings. The van der Waals surface area contributed by atoms with Gasteiger partial charge in [0.05, 0.1) is 0 Å². The third-order valence-electron chi connectivity index (χ3n) is 3.96. The molecule has 17 heavy (non-hydrogen) atoms. The van der Waals surface area contributed by atoms with E-state index in [9.17, 15) is 0 Å². The highest BCUT2D eigenvalue weighted by Gasteiger charge is 2.35. The molecule has 1 saturated carbocycles. The standard InChI is InChI=1S/C15H24N2/c1-2-3-4-8-15(9-6-10-15)17-13-14-7-5-11-16-12-14/h5,7,11-12,17H,2-4,6,8-10,13H2,1H3. The van der Waals surface area contributed by atoms with Gasteiger partial charge in [0.1, 0.15) is 0 Å². The second-order valence-electron chi connectivity index (χ2n) is 5.31. The van der Waals surface area contributed by atoms with Crippen LogP contribution in [0.4, 0.5) is 0 Å². The Morgan fingerprint density at radius 1 is 1.35 bits per heavy atom. The lowest BCUT2D eigenvalue weighted by Gasteiger charge is -2.43. The number of unbranched alkanes of at least 4 members (excludes halogenated alkanes) is 2. The van der Waals surface area contributed by atoms with E-state index in [0.717, 1.165) is 6.54 Å². The predicted molar refractivity (Wildman–Crippen MR) is 71.8 cm³/mol. The molecule has 0 aliphatic heterocycles. The Labute approximate surface area is 105 Å². The van der Waals surface area contributed by atoms with Crippen LogP contribution in [0.5, 0.6) is 0 Å². The molecular weight excluding hydrogens is 208 g/mol. The van der Waals surface area contributed by atoms with Gasteiger partial charge in [0.25, 0.3) is 0 Å². The summed E-state index contributed by atoms with van der Waals surface area (Å²) in [6.07, 6.45) is 13.3. The van der Waals surface area contributed by atoms with E-state index in [0.29, 0.717) is 5.54 Å². The fourth-order valence-corrected chi connectivity index (χ4v) is 2.62. The first-order valence-corrected chi connectivity index (χ1v) is 6.99. The van der Waals surface area contributed by atoms with Crippen LogP contribution in [0.1, 0.15) is 57.4 Å². The Kier molecular flexibility index (Phi) is 4.55. The Morgan fingerprint density at radius 3 is 2.82 bits per heavy atom. The Bertz CT molecular complexity index is 317. The predicted octanol–water partition coefficient (Wildman–Crippen LogP) is 3.67. The molecule has 94 valence electrons. The molecule has 0 radical (unpaired) electrons. The van der Waals surface area contributed by atoms with E-state index in [1.165, 1.54) is 50.5 Å². The molecule has 2 heteroatoms. The van der Waals surface area contributed by atoms with Crippen LogP contribution < -0.4 is 5.32 Å². The fraction of sp³-hybridized carbons (Fsp3) is 0.667. The van der Waals surface area contributed by atoms with E-state index in [1.54, 1.807) is 0 Å². The van der Waals surface area contributed by atoms with E-state index in [2.05, 4.69) is 23.3 Å². The van der Waals surface area contributed by atoms with Gasteiger partial charge in [-0.25, -0.2) is 0 Å². The first-order chi connectivity index (χ1) is 8.35. The normalized spacial score (nSPS) is 17.7. The van der Waals surface area contributed by atoms with E-state index >= 15 is 0 Å². The smallest absolute Gasteiger partial charge is 0.0312 e. The first-order valence-electron chi connectivity index (χ1n) is 6.99. The number of rotatable bonds is 7. The van der Waals surface area contributed by atoms with Crippen LogP contribution in [0.15, 0.2) is 24.5 Å². The van der Waals surface area contributed by atoms with Crippen molar-refractivity contribution in [2.75, 3.05) is 0 Å². The maximum absolute atomic E-state index is 4.16. The minimum atomic E-state index is 0.449. The van der Waals surface area contributed by atoms with Crippen LogP contribution in [0.25, 0.3) is 0 Å². The van der Waals surface area contributed by atoms with Crippen molar-refractivity contribution in [2.45, 2.75) is 64.0 Å². The van der Waals surface area contributed by atoms with Crippen molar-refractivity contribution in [1.82, 2.24) is 10.3 Å². The topological polar surface area (TPSA) is 24.9 Å². The van der Waals surface area contributed by atoms with E-state index in [-0.39, 0.29) is 0 Å². The van der Waals surface area contributed by atoms with Gasteiger partial charge in [-0.05, 0) is 37.3 Å². The number of nitrogens with zero attached hydrogens (tertiary/aromatic N) is 1. The number of nitrogens with one attached hydrogen (secondary N) is 1. The van der Waals surface area contributed by atoms with Gasteiger partial charge in [0, 0.05) is 24.5 Å². The zero-order chi connectivity index (χ0) is 12.0. The SMILES string of the molecule is CCCCCC1(NCc2cccnc2)CCC1. The lowest BCUT2D eigenvalue weighted by Crippen LogP contribution is -2.50. The minimum absolute atomic E-state index is 0.449. The third-order valence-corrected chi connectivity index (χ3v) is 3.96. The zero-order valence-electron chi connectivity index (χ0n) is 10.9. The van der Waals surface area contributed by atoms with Crippen LogP contribution >= 0.6 is 0 Å². The molecule has 0 aromatic carbocycles. The van der Waals surface area contributed by atoms with Gasteiger partial charge < -0.3 is 5.32 Å². The van der Waals surface area contributed by atoms with Crippen LogP contribution in [0, 0.1) is 0 Å². The first kappa shape index (κ1) is 12.6. The Morgan fingerprint density at radius 2 is 2.24 bits per heavy atom. The quantitative estimate of drug-likeness (QED) is 0.725. The number of hydrogen-bond acceptors (Lipinski definition) is 2. The van der Waals surface area contributed by atoms with Crippen molar-refractivity contribution in [3.8, 4) is 0 Å².